The second-order valence-electron chi connectivity index (χ2n) is 5.71. The Bertz CT molecular complexity index is 374. The molecule has 20 heavy (non-hydrogen) atoms. The SMILES string of the molecule is CCOCC(O)COc1ccc(CNC(C)(C)C)nc1. The molecule has 5 nitrogen and oxygen atoms in total. The fourth-order valence-corrected chi connectivity index (χ4v) is 1.45. The minimum atomic E-state index is -0.614. The second-order valence-corrected chi connectivity index (χ2v) is 5.71. The third kappa shape index (κ3) is 7.43. The van der Waals surface area contributed by atoms with Gasteiger partial charge in [-0.2, -0.15) is 0 Å². The Morgan fingerprint density at radius 2 is 2.05 bits per heavy atom. The van der Waals surface area contributed by atoms with Crippen molar-refractivity contribution in [1.82, 2.24) is 10.3 Å². The Balaban J connectivity index is 2.35. The van der Waals surface area contributed by atoms with Gasteiger partial charge < -0.3 is 19.9 Å². The summed E-state index contributed by atoms with van der Waals surface area (Å²) in [5.74, 6) is 0.653. The van der Waals surface area contributed by atoms with Gasteiger partial charge >= 0.3 is 0 Å². The van der Waals surface area contributed by atoms with E-state index >= 15 is 0 Å². The summed E-state index contributed by atoms with van der Waals surface area (Å²) < 4.78 is 10.6. The van der Waals surface area contributed by atoms with Crippen molar-refractivity contribution < 1.29 is 14.6 Å². The molecule has 0 aliphatic heterocycles. The number of pyridine rings is 1. The molecule has 5 heteroatoms. The number of aliphatic hydroxyl groups is 1. The number of nitrogens with zero attached hydrogens (tertiary/aromatic N) is 1. The summed E-state index contributed by atoms with van der Waals surface area (Å²) >= 11 is 0. The molecule has 0 aliphatic carbocycles. The number of rotatable bonds is 8. The van der Waals surface area contributed by atoms with Crippen molar-refractivity contribution in [3.63, 3.8) is 0 Å². The predicted octanol–water partition coefficient (Wildman–Crippen LogP) is 1.75. The highest BCUT2D eigenvalue weighted by atomic mass is 16.5. The quantitative estimate of drug-likeness (QED) is 0.760. The average molecular weight is 282 g/mol. The van der Waals surface area contributed by atoms with E-state index in [1.807, 2.05) is 19.1 Å². The maximum atomic E-state index is 9.59. The summed E-state index contributed by atoms with van der Waals surface area (Å²) in [4.78, 5) is 4.32. The van der Waals surface area contributed by atoms with Gasteiger partial charge in [-0.25, -0.2) is 0 Å². The number of hydrogen-bond donors (Lipinski definition) is 2. The Morgan fingerprint density at radius 1 is 1.30 bits per heavy atom. The van der Waals surface area contributed by atoms with Crippen LogP contribution in [0.4, 0.5) is 0 Å². The minimum absolute atomic E-state index is 0.0697. The van der Waals surface area contributed by atoms with Crippen LogP contribution in [-0.4, -0.2) is 41.6 Å². The lowest BCUT2D eigenvalue weighted by Crippen LogP contribution is -2.35. The topological polar surface area (TPSA) is 63.6 Å². The van der Waals surface area contributed by atoms with Crippen LogP contribution in [0.3, 0.4) is 0 Å². The van der Waals surface area contributed by atoms with E-state index < -0.39 is 6.10 Å². The van der Waals surface area contributed by atoms with E-state index in [0.29, 0.717) is 12.4 Å². The van der Waals surface area contributed by atoms with Crippen LogP contribution >= 0.6 is 0 Å². The summed E-state index contributed by atoms with van der Waals surface area (Å²) in [7, 11) is 0. The molecule has 0 aliphatic rings. The molecule has 0 spiro atoms. The molecule has 0 radical (unpaired) electrons. The van der Waals surface area contributed by atoms with Crippen LogP contribution in [0, 0.1) is 0 Å². The van der Waals surface area contributed by atoms with Crippen molar-refractivity contribution in [2.75, 3.05) is 19.8 Å². The van der Waals surface area contributed by atoms with E-state index in [4.69, 9.17) is 9.47 Å². The van der Waals surface area contributed by atoms with Crippen molar-refractivity contribution in [2.24, 2.45) is 0 Å². The Hall–Kier alpha value is -1.17. The van der Waals surface area contributed by atoms with E-state index in [2.05, 4.69) is 31.1 Å². The molecule has 1 unspecified atom stereocenters. The molecule has 0 bridgehead atoms. The minimum Gasteiger partial charge on any atom is -0.489 e. The molecule has 1 aromatic rings. The van der Waals surface area contributed by atoms with Gasteiger partial charge in [-0.1, -0.05) is 0 Å². The normalized spacial score (nSPS) is 13.2. The van der Waals surface area contributed by atoms with E-state index in [1.165, 1.54) is 0 Å². The molecular weight excluding hydrogens is 256 g/mol. The third-order valence-electron chi connectivity index (χ3n) is 2.55. The van der Waals surface area contributed by atoms with Crippen molar-refractivity contribution in [3.8, 4) is 5.75 Å². The van der Waals surface area contributed by atoms with Gasteiger partial charge in [0.05, 0.1) is 18.5 Å². The first-order valence-electron chi connectivity index (χ1n) is 6.99. The third-order valence-corrected chi connectivity index (χ3v) is 2.55. The van der Waals surface area contributed by atoms with Crippen LogP contribution in [0.1, 0.15) is 33.4 Å². The van der Waals surface area contributed by atoms with Crippen molar-refractivity contribution >= 4 is 0 Å². The molecule has 0 saturated heterocycles. The largest absolute Gasteiger partial charge is 0.489 e. The monoisotopic (exact) mass is 282 g/mol. The van der Waals surface area contributed by atoms with Crippen LogP contribution < -0.4 is 10.1 Å². The number of aromatic nitrogens is 1. The van der Waals surface area contributed by atoms with Gasteiger partial charge in [0.25, 0.3) is 0 Å². The van der Waals surface area contributed by atoms with Gasteiger partial charge in [-0.05, 0) is 39.8 Å². The van der Waals surface area contributed by atoms with Gasteiger partial charge in [-0.3, -0.25) is 4.98 Å². The zero-order valence-corrected chi connectivity index (χ0v) is 12.8. The van der Waals surface area contributed by atoms with Gasteiger partial charge in [-0.15, -0.1) is 0 Å². The maximum Gasteiger partial charge on any atom is 0.137 e. The first-order chi connectivity index (χ1) is 9.40. The van der Waals surface area contributed by atoms with Crippen LogP contribution in [0.15, 0.2) is 18.3 Å². The van der Waals surface area contributed by atoms with Crippen LogP contribution in [0.25, 0.3) is 0 Å². The molecule has 0 aromatic carbocycles. The first-order valence-corrected chi connectivity index (χ1v) is 6.99. The molecule has 0 saturated carbocycles. The number of nitrogens with one attached hydrogen (secondary N) is 1. The molecule has 1 heterocycles. The lowest BCUT2D eigenvalue weighted by Gasteiger charge is -2.20. The highest BCUT2D eigenvalue weighted by Gasteiger charge is 2.09. The van der Waals surface area contributed by atoms with Crippen LogP contribution in [-0.2, 0) is 11.3 Å². The molecule has 114 valence electrons. The first kappa shape index (κ1) is 16.9. The van der Waals surface area contributed by atoms with E-state index in [1.54, 1.807) is 6.20 Å². The molecule has 2 N–H and O–H groups in total. The maximum absolute atomic E-state index is 9.59. The van der Waals surface area contributed by atoms with Crippen LogP contribution in [0.5, 0.6) is 5.75 Å². The standard InChI is InChI=1S/C15H26N2O3/c1-5-19-10-13(18)11-20-14-7-6-12(16-9-14)8-17-15(2,3)4/h6-7,9,13,17-18H,5,8,10-11H2,1-4H3. The fourth-order valence-electron chi connectivity index (χ4n) is 1.45. The van der Waals surface area contributed by atoms with Crippen molar-refractivity contribution in [2.45, 2.75) is 45.9 Å². The number of ether oxygens (including phenoxy) is 2. The summed E-state index contributed by atoms with van der Waals surface area (Å²) in [5, 5.41) is 13.0. The second kappa shape index (κ2) is 8.19. The molecule has 1 rings (SSSR count). The Labute approximate surface area is 121 Å². The molecular formula is C15H26N2O3. The fraction of sp³-hybridized carbons (Fsp3) is 0.667. The number of aliphatic hydroxyl groups excluding tert-OH is 1. The molecule has 1 atom stereocenters. The smallest absolute Gasteiger partial charge is 0.137 e. The van der Waals surface area contributed by atoms with E-state index in [0.717, 1.165) is 12.2 Å². The summed E-state index contributed by atoms with van der Waals surface area (Å²) in [6, 6.07) is 3.78. The molecule has 0 amide bonds. The Kier molecular flexibility index (Phi) is 6.91. The van der Waals surface area contributed by atoms with Gasteiger partial charge in [0.15, 0.2) is 0 Å². The summed E-state index contributed by atoms with van der Waals surface area (Å²) in [6.45, 7) is 10.0. The average Bonchev–Trinajstić information content (AvgIpc) is 2.41. The Morgan fingerprint density at radius 3 is 2.60 bits per heavy atom. The highest BCUT2D eigenvalue weighted by Crippen LogP contribution is 2.10. The zero-order chi connectivity index (χ0) is 15.0. The summed E-state index contributed by atoms with van der Waals surface area (Å²) in [6.07, 6.45) is 1.06. The van der Waals surface area contributed by atoms with Gasteiger partial charge in [0, 0.05) is 18.7 Å². The molecule has 1 aromatic heterocycles. The van der Waals surface area contributed by atoms with E-state index in [9.17, 15) is 5.11 Å². The lowest BCUT2D eigenvalue weighted by molar-refractivity contribution is 0.0164. The highest BCUT2D eigenvalue weighted by molar-refractivity contribution is 5.19. The van der Waals surface area contributed by atoms with E-state index in [-0.39, 0.29) is 18.8 Å². The summed E-state index contributed by atoms with van der Waals surface area (Å²) in [5.41, 5.74) is 1.03. The van der Waals surface area contributed by atoms with Gasteiger partial charge in [0.2, 0.25) is 0 Å². The lowest BCUT2D eigenvalue weighted by atomic mass is 10.1. The number of hydrogen-bond acceptors (Lipinski definition) is 5. The van der Waals surface area contributed by atoms with Crippen LogP contribution in [0.2, 0.25) is 0 Å². The van der Waals surface area contributed by atoms with Gasteiger partial charge in [0.1, 0.15) is 18.5 Å². The zero-order valence-electron chi connectivity index (χ0n) is 12.8. The van der Waals surface area contributed by atoms with Crippen molar-refractivity contribution in [1.29, 1.82) is 0 Å². The molecule has 0 fully saturated rings. The van der Waals surface area contributed by atoms with Crippen molar-refractivity contribution in [3.05, 3.63) is 24.0 Å². The predicted molar refractivity (Wildman–Crippen MR) is 78.8 cm³/mol.